The zero-order valence-electron chi connectivity index (χ0n) is 8.73. The van der Waals surface area contributed by atoms with Crippen molar-refractivity contribution < 1.29 is 14.4 Å². The summed E-state index contributed by atoms with van der Waals surface area (Å²) in [6.07, 6.45) is 1.10. The molecule has 0 spiro atoms. The van der Waals surface area contributed by atoms with Crippen molar-refractivity contribution >= 4 is 73.7 Å². The number of alkyl halides is 3. The Balaban J connectivity index is 2.49. The number of esters is 1. The third kappa shape index (κ3) is 4.78. The van der Waals surface area contributed by atoms with Crippen LogP contribution in [0.15, 0.2) is 0 Å². The van der Waals surface area contributed by atoms with Crippen molar-refractivity contribution in [1.82, 2.24) is 0 Å². The maximum Gasteiger partial charge on any atom is 0.342 e. The molecule has 0 bridgehead atoms. The zero-order valence-corrected chi connectivity index (χ0v) is 15.2. The number of hydrogen-bond acceptors (Lipinski definition) is 2. The van der Waals surface area contributed by atoms with E-state index in [1.165, 1.54) is 4.90 Å². The minimum absolute atomic E-state index is 0.110. The zero-order chi connectivity index (χ0) is 11.6. The Morgan fingerprint density at radius 3 is 2.53 bits per heavy atom. The van der Waals surface area contributed by atoms with Crippen molar-refractivity contribution in [2.24, 2.45) is 5.92 Å². The molecular formula is C9H15I3NO2+. The largest absolute Gasteiger partial charge is 0.459 e. The van der Waals surface area contributed by atoms with Gasteiger partial charge in [-0.25, -0.2) is 4.79 Å². The number of quaternary nitrogens is 1. The molecule has 1 heterocycles. The maximum atomic E-state index is 11.7. The van der Waals surface area contributed by atoms with Gasteiger partial charge in [-0.3, -0.25) is 0 Å². The SMILES string of the molecule is CC1C[NH+](C)CCC1OC(=O)C(I)(I)I. The molecule has 88 valence electrons. The lowest BCUT2D eigenvalue weighted by Crippen LogP contribution is -3.11. The second-order valence-corrected chi connectivity index (χ2v) is 15.2. The van der Waals surface area contributed by atoms with Crippen LogP contribution in [0.2, 0.25) is 0 Å². The predicted octanol–water partition coefficient (Wildman–Crippen LogP) is 1.41. The average Bonchev–Trinajstić information content (AvgIpc) is 2.08. The standard InChI is InChI=1S/C9H14I3NO2/c1-6-5-13(2)4-3-7(6)15-8(14)9(10,11)12/h6-7H,3-5H2,1-2H3/p+1. The number of carbonyl (C=O) groups is 1. The summed E-state index contributed by atoms with van der Waals surface area (Å²) in [6, 6.07) is 0. The molecule has 0 aromatic rings. The molecule has 0 radical (unpaired) electrons. The van der Waals surface area contributed by atoms with Crippen molar-refractivity contribution in [3.8, 4) is 0 Å². The molecule has 1 fully saturated rings. The van der Waals surface area contributed by atoms with E-state index in [0.717, 1.165) is 19.5 Å². The number of likely N-dealkylation sites (tertiary alicyclic amines) is 1. The van der Waals surface area contributed by atoms with E-state index in [1.54, 1.807) is 0 Å². The molecule has 0 aromatic carbocycles. The van der Waals surface area contributed by atoms with Gasteiger partial charge >= 0.3 is 5.97 Å². The van der Waals surface area contributed by atoms with Crippen LogP contribution in [0.25, 0.3) is 0 Å². The van der Waals surface area contributed by atoms with Crippen LogP contribution in [-0.4, -0.2) is 31.6 Å². The Bertz CT molecular complexity index is 242. The molecule has 0 aromatic heterocycles. The lowest BCUT2D eigenvalue weighted by Gasteiger charge is -2.32. The van der Waals surface area contributed by atoms with E-state index >= 15 is 0 Å². The fraction of sp³-hybridized carbons (Fsp3) is 0.889. The molecule has 1 aliphatic heterocycles. The Morgan fingerprint density at radius 1 is 1.47 bits per heavy atom. The summed E-state index contributed by atoms with van der Waals surface area (Å²) < 4.78 is 5.07. The summed E-state index contributed by atoms with van der Waals surface area (Å²) in [5.74, 6) is 0.356. The van der Waals surface area contributed by atoms with Gasteiger partial charge in [0.1, 0.15) is 6.10 Å². The maximum absolute atomic E-state index is 11.7. The Kier molecular flexibility index (Phi) is 5.86. The Labute approximate surface area is 131 Å². The highest BCUT2D eigenvalue weighted by molar-refractivity contribution is 14.3. The third-order valence-electron chi connectivity index (χ3n) is 2.65. The summed E-state index contributed by atoms with van der Waals surface area (Å²) in [6.45, 7) is 4.35. The van der Waals surface area contributed by atoms with Gasteiger partial charge in [0.15, 0.2) is 0 Å². The Hall–Kier alpha value is 1.62. The fourth-order valence-electron chi connectivity index (χ4n) is 1.84. The fourth-order valence-corrected chi connectivity index (χ4v) is 2.22. The number of halogens is 3. The topological polar surface area (TPSA) is 30.7 Å². The second kappa shape index (κ2) is 5.98. The van der Waals surface area contributed by atoms with E-state index in [9.17, 15) is 4.79 Å². The highest BCUT2D eigenvalue weighted by atomic mass is 127. The van der Waals surface area contributed by atoms with Crippen molar-refractivity contribution in [1.29, 1.82) is 0 Å². The number of ether oxygens (including phenoxy) is 1. The molecule has 15 heavy (non-hydrogen) atoms. The highest BCUT2D eigenvalue weighted by Crippen LogP contribution is 2.37. The van der Waals surface area contributed by atoms with Crippen LogP contribution in [0.3, 0.4) is 0 Å². The van der Waals surface area contributed by atoms with Gasteiger partial charge < -0.3 is 9.64 Å². The highest BCUT2D eigenvalue weighted by Gasteiger charge is 2.36. The van der Waals surface area contributed by atoms with E-state index in [0.29, 0.717) is 5.92 Å². The lowest BCUT2D eigenvalue weighted by atomic mass is 9.97. The molecule has 3 nitrogen and oxygen atoms in total. The monoisotopic (exact) mass is 550 g/mol. The van der Waals surface area contributed by atoms with Gasteiger partial charge in [-0.1, -0.05) is 6.92 Å². The Morgan fingerprint density at radius 2 is 2.07 bits per heavy atom. The van der Waals surface area contributed by atoms with Crippen molar-refractivity contribution in [3.63, 3.8) is 0 Å². The summed E-state index contributed by atoms with van der Waals surface area (Å²) in [5, 5.41) is 0. The summed E-state index contributed by atoms with van der Waals surface area (Å²) in [4.78, 5) is 13.2. The van der Waals surface area contributed by atoms with E-state index in [-0.39, 0.29) is 12.1 Å². The number of piperidine rings is 1. The number of rotatable bonds is 2. The quantitative estimate of drug-likeness (QED) is 0.321. The molecule has 1 rings (SSSR count). The van der Waals surface area contributed by atoms with E-state index in [1.807, 2.05) is 0 Å². The van der Waals surface area contributed by atoms with Crippen LogP contribution in [0.5, 0.6) is 0 Å². The molecular weight excluding hydrogens is 535 g/mol. The first-order valence-electron chi connectivity index (χ1n) is 4.90. The van der Waals surface area contributed by atoms with Crippen LogP contribution in [-0.2, 0) is 9.53 Å². The van der Waals surface area contributed by atoms with Gasteiger partial charge in [-0.15, -0.1) is 0 Å². The first kappa shape index (κ1) is 14.7. The van der Waals surface area contributed by atoms with E-state index in [2.05, 4.69) is 81.7 Å². The number of nitrogens with one attached hydrogen (secondary N) is 1. The van der Waals surface area contributed by atoms with Crippen LogP contribution in [0, 0.1) is 5.92 Å². The molecule has 0 saturated carbocycles. The molecule has 6 heteroatoms. The van der Waals surface area contributed by atoms with Gasteiger partial charge in [0.05, 0.1) is 20.1 Å². The van der Waals surface area contributed by atoms with Crippen LogP contribution in [0.4, 0.5) is 0 Å². The number of hydrogen-bond donors (Lipinski definition) is 1. The normalized spacial score (nSPS) is 32.5. The molecule has 3 atom stereocenters. The molecule has 0 aliphatic carbocycles. The van der Waals surface area contributed by atoms with Crippen molar-refractivity contribution in [2.45, 2.75) is 18.9 Å². The predicted molar refractivity (Wildman–Crippen MR) is 85.1 cm³/mol. The molecule has 1 saturated heterocycles. The lowest BCUT2D eigenvalue weighted by molar-refractivity contribution is -0.889. The van der Waals surface area contributed by atoms with Gasteiger partial charge in [0.2, 0.25) is -0.565 Å². The molecule has 1 N–H and O–H groups in total. The van der Waals surface area contributed by atoms with E-state index < -0.39 is -0.565 Å². The van der Waals surface area contributed by atoms with Crippen LogP contribution >= 0.6 is 67.8 Å². The van der Waals surface area contributed by atoms with E-state index in [4.69, 9.17) is 4.74 Å². The average molecular weight is 550 g/mol. The summed E-state index contributed by atoms with van der Waals surface area (Å²) in [5.41, 5.74) is 0. The van der Waals surface area contributed by atoms with Crippen LogP contribution in [0.1, 0.15) is 13.3 Å². The third-order valence-corrected chi connectivity index (χ3v) is 3.97. The van der Waals surface area contributed by atoms with Gasteiger partial charge in [0.25, 0.3) is 0 Å². The van der Waals surface area contributed by atoms with Crippen LogP contribution < -0.4 is 4.90 Å². The smallest absolute Gasteiger partial charge is 0.342 e. The van der Waals surface area contributed by atoms with Crippen molar-refractivity contribution in [2.75, 3.05) is 20.1 Å². The van der Waals surface area contributed by atoms with Gasteiger partial charge in [0, 0.05) is 12.3 Å². The molecule has 0 amide bonds. The summed E-state index contributed by atoms with van der Waals surface area (Å²) >= 11 is 6.31. The minimum atomic E-state index is -0.469. The molecule has 3 unspecified atom stereocenters. The van der Waals surface area contributed by atoms with Gasteiger partial charge in [-0.05, 0) is 67.8 Å². The number of carbonyl (C=O) groups excluding carboxylic acids is 1. The second-order valence-electron chi connectivity index (χ2n) is 4.12. The molecule has 1 aliphatic rings. The minimum Gasteiger partial charge on any atom is -0.459 e. The van der Waals surface area contributed by atoms with Gasteiger partial charge in [-0.2, -0.15) is 0 Å². The first-order chi connectivity index (χ1) is 6.80. The summed E-state index contributed by atoms with van der Waals surface area (Å²) in [7, 11) is 2.19. The van der Waals surface area contributed by atoms with Crippen molar-refractivity contribution in [3.05, 3.63) is 0 Å². The first-order valence-corrected chi connectivity index (χ1v) is 8.13.